The van der Waals surface area contributed by atoms with Crippen molar-refractivity contribution < 1.29 is 0 Å². The van der Waals surface area contributed by atoms with Crippen LogP contribution >= 0.6 is 0 Å². The van der Waals surface area contributed by atoms with E-state index in [4.69, 9.17) is 5.73 Å². The number of hydrogen-bond acceptors (Lipinski definition) is 2. The first-order chi connectivity index (χ1) is 7.83. The number of hydrogen-bond donors (Lipinski definition) is 2. The first kappa shape index (κ1) is 14.0. The van der Waals surface area contributed by atoms with E-state index in [0.717, 1.165) is 12.6 Å². The van der Waals surface area contributed by atoms with Gasteiger partial charge >= 0.3 is 0 Å². The van der Waals surface area contributed by atoms with Gasteiger partial charge < -0.3 is 11.1 Å². The van der Waals surface area contributed by atoms with Gasteiger partial charge in [-0.05, 0) is 19.3 Å². The van der Waals surface area contributed by atoms with Gasteiger partial charge in [0.05, 0.1) is 0 Å². The quantitative estimate of drug-likeness (QED) is 0.730. The Hall–Kier alpha value is -0.0800. The van der Waals surface area contributed by atoms with Crippen molar-refractivity contribution in [3.8, 4) is 0 Å². The molecule has 0 saturated heterocycles. The highest BCUT2D eigenvalue weighted by Crippen LogP contribution is 2.17. The minimum atomic E-state index is 0.366. The zero-order valence-corrected chi connectivity index (χ0v) is 11.0. The van der Waals surface area contributed by atoms with Gasteiger partial charge in [-0.15, -0.1) is 0 Å². The minimum Gasteiger partial charge on any atom is -0.327 e. The Morgan fingerprint density at radius 1 is 1.12 bits per heavy atom. The summed E-state index contributed by atoms with van der Waals surface area (Å²) in [7, 11) is 0. The van der Waals surface area contributed by atoms with E-state index >= 15 is 0 Å². The third-order valence-corrected chi connectivity index (χ3v) is 3.70. The molecule has 1 aliphatic rings. The molecule has 1 atom stereocenters. The van der Waals surface area contributed by atoms with Crippen LogP contribution in [0.15, 0.2) is 0 Å². The lowest BCUT2D eigenvalue weighted by atomic mass is 9.96. The van der Waals surface area contributed by atoms with Crippen LogP contribution in [-0.2, 0) is 0 Å². The van der Waals surface area contributed by atoms with Crippen LogP contribution in [0.3, 0.4) is 0 Å². The SMILES string of the molecule is CCCCC(N)CNC1CCCCCCC1. The Morgan fingerprint density at radius 2 is 1.75 bits per heavy atom. The molecule has 0 amide bonds. The number of unbranched alkanes of at least 4 members (excludes halogenated alkanes) is 1. The summed E-state index contributed by atoms with van der Waals surface area (Å²) in [5.74, 6) is 0. The summed E-state index contributed by atoms with van der Waals surface area (Å²) < 4.78 is 0. The van der Waals surface area contributed by atoms with Crippen LogP contribution in [0, 0.1) is 0 Å². The topological polar surface area (TPSA) is 38.0 Å². The van der Waals surface area contributed by atoms with Crippen molar-refractivity contribution >= 4 is 0 Å². The van der Waals surface area contributed by atoms with Gasteiger partial charge in [-0.3, -0.25) is 0 Å². The van der Waals surface area contributed by atoms with Gasteiger partial charge in [0.25, 0.3) is 0 Å². The van der Waals surface area contributed by atoms with Crippen LogP contribution < -0.4 is 11.1 Å². The van der Waals surface area contributed by atoms with Gasteiger partial charge in [0.2, 0.25) is 0 Å². The molecular formula is C14H30N2. The van der Waals surface area contributed by atoms with Crippen molar-refractivity contribution in [2.75, 3.05) is 6.54 Å². The Balaban J connectivity index is 2.09. The van der Waals surface area contributed by atoms with E-state index in [1.54, 1.807) is 0 Å². The maximum absolute atomic E-state index is 6.08. The fraction of sp³-hybridized carbons (Fsp3) is 1.00. The van der Waals surface area contributed by atoms with Gasteiger partial charge in [-0.25, -0.2) is 0 Å². The Bertz CT molecular complexity index is 151. The number of rotatable bonds is 6. The second-order valence-electron chi connectivity index (χ2n) is 5.35. The Morgan fingerprint density at radius 3 is 2.38 bits per heavy atom. The van der Waals surface area contributed by atoms with Gasteiger partial charge in [0.1, 0.15) is 0 Å². The molecule has 0 spiro atoms. The zero-order valence-electron chi connectivity index (χ0n) is 11.0. The maximum atomic E-state index is 6.08. The van der Waals surface area contributed by atoms with Crippen LogP contribution in [-0.4, -0.2) is 18.6 Å². The molecule has 0 aromatic carbocycles. The smallest absolute Gasteiger partial charge is 0.0165 e. The van der Waals surface area contributed by atoms with Crippen molar-refractivity contribution in [2.24, 2.45) is 5.73 Å². The third-order valence-electron chi connectivity index (χ3n) is 3.70. The van der Waals surface area contributed by atoms with E-state index in [0.29, 0.717) is 6.04 Å². The van der Waals surface area contributed by atoms with Crippen LogP contribution in [0.5, 0.6) is 0 Å². The molecule has 0 aromatic heterocycles. The molecule has 16 heavy (non-hydrogen) atoms. The van der Waals surface area contributed by atoms with Crippen LogP contribution in [0.25, 0.3) is 0 Å². The molecule has 0 heterocycles. The summed E-state index contributed by atoms with van der Waals surface area (Å²) in [6, 6.07) is 1.11. The van der Waals surface area contributed by atoms with Crippen molar-refractivity contribution in [1.29, 1.82) is 0 Å². The predicted molar refractivity (Wildman–Crippen MR) is 71.6 cm³/mol. The van der Waals surface area contributed by atoms with E-state index in [1.165, 1.54) is 64.2 Å². The van der Waals surface area contributed by atoms with E-state index in [1.807, 2.05) is 0 Å². The highest BCUT2D eigenvalue weighted by Gasteiger charge is 2.11. The van der Waals surface area contributed by atoms with Crippen LogP contribution in [0.4, 0.5) is 0 Å². The predicted octanol–water partition coefficient (Wildman–Crippen LogP) is 3.21. The van der Waals surface area contributed by atoms with Gasteiger partial charge in [-0.1, -0.05) is 51.9 Å². The first-order valence-electron chi connectivity index (χ1n) is 7.32. The molecule has 0 aromatic rings. The molecule has 0 radical (unpaired) electrons. The monoisotopic (exact) mass is 226 g/mol. The molecule has 0 aliphatic heterocycles. The zero-order chi connectivity index (χ0) is 11.6. The molecule has 1 saturated carbocycles. The summed E-state index contributed by atoms with van der Waals surface area (Å²) in [5, 5.41) is 3.67. The molecule has 1 unspecified atom stereocenters. The van der Waals surface area contributed by atoms with Crippen molar-refractivity contribution in [1.82, 2.24) is 5.32 Å². The summed E-state index contributed by atoms with van der Waals surface area (Å²) in [6.07, 6.45) is 13.6. The average Bonchev–Trinajstić information content (AvgIpc) is 2.25. The molecule has 3 N–H and O–H groups in total. The molecule has 1 fully saturated rings. The van der Waals surface area contributed by atoms with E-state index in [9.17, 15) is 0 Å². The molecule has 0 bridgehead atoms. The lowest BCUT2D eigenvalue weighted by molar-refractivity contribution is 0.375. The molecule has 1 aliphatic carbocycles. The molecule has 1 rings (SSSR count). The van der Waals surface area contributed by atoms with Gasteiger partial charge in [-0.2, -0.15) is 0 Å². The molecule has 2 nitrogen and oxygen atoms in total. The second kappa shape index (κ2) is 9.00. The van der Waals surface area contributed by atoms with Gasteiger partial charge in [0.15, 0.2) is 0 Å². The van der Waals surface area contributed by atoms with Crippen LogP contribution in [0.1, 0.15) is 71.1 Å². The molecular weight excluding hydrogens is 196 g/mol. The number of nitrogens with one attached hydrogen (secondary N) is 1. The fourth-order valence-corrected chi connectivity index (χ4v) is 2.55. The van der Waals surface area contributed by atoms with Crippen molar-refractivity contribution in [3.63, 3.8) is 0 Å². The first-order valence-corrected chi connectivity index (χ1v) is 7.32. The lowest BCUT2D eigenvalue weighted by Crippen LogP contribution is -2.39. The minimum absolute atomic E-state index is 0.366. The van der Waals surface area contributed by atoms with Gasteiger partial charge in [0, 0.05) is 18.6 Å². The summed E-state index contributed by atoms with van der Waals surface area (Å²) in [5.41, 5.74) is 6.08. The fourth-order valence-electron chi connectivity index (χ4n) is 2.55. The normalized spacial score (nSPS) is 21.4. The maximum Gasteiger partial charge on any atom is 0.0165 e. The highest BCUT2D eigenvalue weighted by atomic mass is 14.9. The van der Waals surface area contributed by atoms with E-state index in [2.05, 4.69) is 12.2 Å². The lowest BCUT2D eigenvalue weighted by Gasteiger charge is -2.23. The molecule has 96 valence electrons. The standard InChI is InChI=1S/C14H30N2/c1-2-3-9-13(15)12-16-14-10-7-5-4-6-8-11-14/h13-14,16H,2-12,15H2,1H3. The average molecular weight is 226 g/mol. The van der Waals surface area contributed by atoms with E-state index in [-0.39, 0.29) is 0 Å². The second-order valence-corrected chi connectivity index (χ2v) is 5.35. The Labute approximate surface area is 101 Å². The summed E-state index contributed by atoms with van der Waals surface area (Å²) in [4.78, 5) is 0. The highest BCUT2D eigenvalue weighted by molar-refractivity contribution is 4.73. The summed E-state index contributed by atoms with van der Waals surface area (Å²) >= 11 is 0. The van der Waals surface area contributed by atoms with Crippen molar-refractivity contribution in [2.45, 2.75) is 83.2 Å². The Kier molecular flexibility index (Phi) is 7.87. The van der Waals surface area contributed by atoms with Crippen molar-refractivity contribution in [3.05, 3.63) is 0 Å². The van der Waals surface area contributed by atoms with E-state index < -0.39 is 0 Å². The third kappa shape index (κ3) is 6.49. The number of nitrogens with two attached hydrogens (primary N) is 1. The largest absolute Gasteiger partial charge is 0.327 e. The van der Waals surface area contributed by atoms with Crippen LogP contribution in [0.2, 0.25) is 0 Å². The summed E-state index contributed by atoms with van der Waals surface area (Å²) in [6.45, 7) is 3.25. The molecule has 2 heteroatoms.